The molecule has 1 aromatic carbocycles. The second-order valence-electron chi connectivity index (χ2n) is 6.46. The van der Waals surface area contributed by atoms with E-state index in [9.17, 15) is 14.7 Å². The number of hydrogen-bond acceptors (Lipinski definition) is 3. The van der Waals surface area contributed by atoms with Gasteiger partial charge in [0.05, 0.1) is 7.11 Å². The molecule has 1 aliphatic rings. The molecule has 0 aromatic heterocycles. The third-order valence-corrected chi connectivity index (χ3v) is 4.19. The molecule has 23 heavy (non-hydrogen) atoms. The highest BCUT2D eigenvalue weighted by Gasteiger charge is 2.30. The highest BCUT2D eigenvalue weighted by atomic mass is 16.5. The molecule has 0 aliphatic heterocycles. The van der Waals surface area contributed by atoms with Gasteiger partial charge in [0.2, 0.25) is 5.91 Å². The van der Waals surface area contributed by atoms with Crippen LogP contribution in [0.15, 0.2) is 24.3 Å². The number of hydrogen-bond donors (Lipinski definition) is 2. The molecule has 5 heteroatoms. The summed E-state index contributed by atoms with van der Waals surface area (Å²) >= 11 is 0. The highest BCUT2D eigenvalue weighted by Crippen LogP contribution is 2.33. The monoisotopic (exact) mass is 319 g/mol. The van der Waals surface area contributed by atoms with Crippen LogP contribution in [0.4, 0.5) is 0 Å². The molecule has 1 saturated carbocycles. The van der Waals surface area contributed by atoms with Crippen LogP contribution < -0.4 is 10.1 Å². The van der Waals surface area contributed by atoms with Gasteiger partial charge < -0.3 is 15.2 Å². The molecule has 1 aromatic rings. The molecule has 0 bridgehead atoms. The maximum atomic E-state index is 12.1. The molecule has 2 N–H and O–H groups in total. The van der Waals surface area contributed by atoms with Gasteiger partial charge in [-0.25, -0.2) is 4.79 Å². The first kappa shape index (κ1) is 17.3. The van der Waals surface area contributed by atoms with E-state index in [-0.39, 0.29) is 11.8 Å². The Morgan fingerprint density at radius 3 is 2.65 bits per heavy atom. The number of nitrogens with one attached hydrogen (secondary N) is 1. The summed E-state index contributed by atoms with van der Waals surface area (Å²) in [6.07, 6.45) is 3.72. The lowest BCUT2D eigenvalue weighted by molar-refractivity contribution is -0.142. The van der Waals surface area contributed by atoms with Crippen molar-refractivity contribution in [2.75, 3.05) is 7.11 Å². The minimum absolute atomic E-state index is 0.113. The van der Waals surface area contributed by atoms with Gasteiger partial charge in [0.25, 0.3) is 0 Å². The van der Waals surface area contributed by atoms with E-state index in [1.54, 1.807) is 7.11 Å². The maximum absolute atomic E-state index is 12.1. The average molecular weight is 319 g/mol. The maximum Gasteiger partial charge on any atom is 0.326 e. The number of rotatable bonds is 9. The van der Waals surface area contributed by atoms with Crippen LogP contribution in [0.2, 0.25) is 0 Å². The Labute approximate surface area is 137 Å². The molecular formula is C18H25NO4. The van der Waals surface area contributed by atoms with Crippen LogP contribution in [-0.2, 0) is 16.0 Å². The van der Waals surface area contributed by atoms with E-state index in [1.807, 2.05) is 31.2 Å². The predicted molar refractivity (Wildman–Crippen MR) is 87.4 cm³/mol. The summed E-state index contributed by atoms with van der Waals surface area (Å²) in [4.78, 5) is 23.3. The Morgan fingerprint density at radius 2 is 2.04 bits per heavy atom. The van der Waals surface area contributed by atoms with Crippen LogP contribution in [0.3, 0.4) is 0 Å². The molecule has 0 spiro atoms. The molecule has 1 fully saturated rings. The van der Waals surface area contributed by atoms with Crippen LogP contribution in [0.25, 0.3) is 0 Å². The summed E-state index contributed by atoms with van der Waals surface area (Å²) in [5, 5.41) is 11.9. The fourth-order valence-corrected chi connectivity index (χ4v) is 2.80. The molecule has 0 heterocycles. The summed E-state index contributed by atoms with van der Waals surface area (Å²) in [5.74, 6) is 0.254. The van der Waals surface area contributed by atoms with Crippen molar-refractivity contribution in [3.63, 3.8) is 0 Å². The van der Waals surface area contributed by atoms with Crippen molar-refractivity contribution in [1.29, 1.82) is 0 Å². The van der Waals surface area contributed by atoms with Crippen molar-refractivity contribution in [1.82, 2.24) is 5.32 Å². The number of carboxylic acid groups (broad SMARTS) is 1. The molecule has 1 aliphatic carbocycles. The predicted octanol–water partition coefficient (Wildman–Crippen LogP) is 2.63. The number of methoxy groups -OCH3 is 1. The lowest BCUT2D eigenvalue weighted by Gasteiger charge is -2.17. The van der Waals surface area contributed by atoms with E-state index in [0.29, 0.717) is 18.8 Å². The van der Waals surface area contributed by atoms with Gasteiger partial charge in [-0.2, -0.15) is 0 Å². The van der Waals surface area contributed by atoms with Crippen LogP contribution in [0.5, 0.6) is 5.75 Å². The van der Waals surface area contributed by atoms with E-state index in [0.717, 1.165) is 30.6 Å². The van der Waals surface area contributed by atoms with Crippen molar-refractivity contribution in [3.05, 3.63) is 29.8 Å². The number of aliphatic carboxylic acids is 1. The molecule has 1 amide bonds. The van der Waals surface area contributed by atoms with Crippen molar-refractivity contribution in [2.45, 2.75) is 45.1 Å². The smallest absolute Gasteiger partial charge is 0.326 e. The van der Waals surface area contributed by atoms with E-state index >= 15 is 0 Å². The Hall–Kier alpha value is -2.04. The third-order valence-electron chi connectivity index (χ3n) is 4.19. The number of ether oxygens (including phenoxy) is 1. The number of carbonyl (C=O) groups excluding carboxylic acids is 1. The first-order valence-electron chi connectivity index (χ1n) is 8.13. The number of amides is 1. The second-order valence-corrected chi connectivity index (χ2v) is 6.46. The van der Waals surface area contributed by atoms with Crippen LogP contribution in [0.1, 0.15) is 38.2 Å². The van der Waals surface area contributed by atoms with E-state index in [1.165, 1.54) is 0 Å². The SMILES string of the molecule is COc1ccccc1CC(C)CC(=O)NC(CC1CC1)C(=O)O. The summed E-state index contributed by atoms with van der Waals surface area (Å²) < 4.78 is 5.32. The number of benzene rings is 1. The summed E-state index contributed by atoms with van der Waals surface area (Å²) in [5.41, 5.74) is 1.06. The molecule has 2 atom stereocenters. The zero-order chi connectivity index (χ0) is 16.8. The number of carbonyl (C=O) groups is 2. The topological polar surface area (TPSA) is 75.6 Å². The fourth-order valence-electron chi connectivity index (χ4n) is 2.80. The third kappa shape index (κ3) is 5.58. The number of carboxylic acids is 1. The van der Waals surface area contributed by atoms with Crippen molar-refractivity contribution in [3.8, 4) is 5.75 Å². The van der Waals surface area contributed by atoms with E-state index < -0.39 is 12.0 Å². The van der Waals surface area contributed by atoms with Gasteiger partial charge in [-0.05, 0) is 36.3 Å². The molecule has 126 valence electrons. The zero-order valence-corrected chi connectivity index (χ0v) is 13.7. The zero-order valence-electron chi connectivity index (χ0n) is 13.7. The van der Waals surface area contributed by atoms with E-state index in [2.05, 4.69) is 5.32 Å². The average Bonchev–Trinajstić information content (AvgIpc) is 3.30. The largest absolute Gasteiger partial charge is 0.496 e. The van der Waals surface area contributed by atoms with Gasteiger partial charge in [-0.1, -0.05) is 38.0 Å². The Bertz CT molecular complexity index is 554. The summed E-state index contributed by atoms with van der Waals surface area (Å²) in [7, 11) is 1.63. The van der Waals surface area contributed by atoms with Crippen LogP contribution in [-0.4, -0.2) is 30.1 Å². The van der Waals surface area contributed by atoms with Crippen LogP contribution >= 0.6 is 0 Å². The van der Waals surface area contributed by atoms with Gasteiger partial charge >= 0.3 is 5.97 Å². The van der Waals surface area contributed by atoms with Gasteiger partial charge in [-0.15, -0.1) is 0 Å². The van der Waals surface area contributed by atoms with Crippen molar-refractivity contribution in [2.24, 2.45) is 11.8 Å². The first-order chi connectivity index (χ1) is 11.0. The summed E-state index contributed by atoms with van der Waals surface area (Å²) in [6, 6.07) is 6.99. The van der Waals surface area contributed by atoms with Crippen molar-refractivity contribution < 1.29 is 19.4 Å². The molecule has 5 nitrogen and oxygen atoms in total. The number of para-hydroxylation sites is 1. The normalized spacial score (nSPS) is 16.4. The molecule has 0 radical (unpaired) electrons. The van der Waals surface area contributed by atoms with Gasteiger partial charge in [-0.3, -0.25) is 4.79 Å². The Morgan fingerprint density at radius 1 is 1.35 bits per heavy atom. The minimum Gasteiger partial charge on any atom is -0.496 e. The minimum atomic E-state index is -0.942. The second kappa shape index (κ2) is 7.99. The van der Waals surface area contributed by atoms with Gasteiger partial charge in [0, 0.05) is 6.42 Å². The summed E-state index contributed by atoms with van der Waals surface area (Å²) in [6.45, 7) is 1.99. The fraction of sp³-hybridized carbons (Fsp3) is 0.556. The lowest BCUT2D eigenvalue weighted by atomic mass is 9.97. The van der Waals surface area contributed by atoms with Gasteiger partial charge in [0.1, 0.15) is 11.8 Å². The Balaban J connectivity index is 1.84. The van der Waals surface area contributed by atoms with Crippen LogP contribution in [0, 0.1) is 11.8 Å². The molecular weight excluding hydrogens is 294 g/mol. The molecule has 0 saturated heterocycles. The van der Waals surface area contributed by atoms with Gasteiger partial charge in [0.15, 0.2) is 0 Å². The van der Waals surface area contributed by atoms with Crippen molar-refractivity contribution >= 4 is 11.9 Å². The molecule has 2 unspecified atom stereocenters. The lowest BCUT2D eigenvalue weighted by Crippen LogP contribution is -2.41. The highest BCUT2D eigenvalue weighted by molar-refractivity contribution is 5.83. The quantitative estimate of drug-likeness (QED) is 0.733. The standard InChI is InChI=1S/C18H25NO4/c1-12(9-14-5-3-4-6-16(14)23-2)10-17(20)19-15(18(21)22)11-13-7-8-13/h3-6,12-13,15H,7-11H2,1-2H3,(H,19,20)(H,21,22). The van der Waals surface area contributed by atoms with E-state index in [4.69, 9.17) is 4.74 Å². The first-order valence-corrected chi connectivity index (χ1v) is 8.13. The molecule has 2 rings (SSSR count). The Kier molecular flexibility index (Phi) is 6.02.